The van der Waals surface area contributed by atoms with Crippen LogP contribution in [0, 0.1) is 17.2 Å². The van der Waals surface area contributed by atoms with E-state index in [2.05, 4.69) is 22.0 Å². The number of aromatic nitrogens is 3. The van der Waals surface area contributed by atoms with Gasteiger partial charge in [-0.15, -0.1) is 0 Å². The summed E-state index contributed by atoms with van der Waals surface area (Å²) in [7, 11) is 0. The first-order valence-corrected chi connectivity index (χ1v) is 5.48. The minimum Gasteiger partial charge on any atom is -0.332 e. The number of rotatable bonds is 2. The fourth-order valence-electron chi connectivity index (χ4n) is 1.76. The zero-order valence-corrected chi connectivity index (χ0v) is 9.29. The molecule has 1 saturated carbocycles. The summed E-state index contributed by atoms with van der Waals surface area (Å²) < 4.78 is 5.17. The van der Waals surface area contributed by atoms with Gasteiger partial charge in [0.15, 0.2) is 5.82 Å². The predicted molar refractivity (Wildman–Crippen MR) is 58.8 cm³/mol. The van der Waals surface area contributed by atoms with Crippen LogP contribution in [0.4, 0.5) is 0 Å². The van der Waals surface area contributed by atoms with E-state index in [1.165, 1.54) is 6.20 Å². The van der Waals surface area contributed by atoms with Gasteiger partial charge in [0.05, 0.1) is 5.56 Å². The molecule has 5 nitrogen and oxygen atoms in total. The molecule has 1 aliphatic rings. The van der Waals surface area contributed by atoms with Crippen molar-refractivity contribution in [2.24, 2.45) is 5.92 Å². The van der Waals surface area contributed by atoms with Crippen LogP contribution >= 0.6 is 0 Å². The zero-order chi connectivity index (χ0) is 11.8. The summed E-state index contributed by atoms with van der Waals surface area (Å²) >= 11 is 0. The molecule has 2 atom stereocenters. The van der Waals surface area contributed by atoms with Crippen LogP contribution in [0.15, 0.2) is 22.9 Å². The van der Waals surface area contributed by atoms with Gasteiger partial charge in [-0.25, -0.2) is 4.98 Å². The normalized spacial score (nSPS) is 22.1. The van der Waals surface area contributed by atoms with Crippen LogP contribution in [0.2, 0.25) is 0 Å². The van der Waals surface area contributed by atoms with Crippen LogP contribution in [0.1, 0.15) is 30.7 Å². The summed E-state index contributed by atoms with van der Waals surface area (Å²) in [6, 6.07) is 5.42. The second kappa shape index (κ2) is 3.67. The van der Waals surface area contributed by atoms with Crippen molar-refractivity contribution in [3.8, 4) is 17.7 Å². The Hall–Kier alpha value is -2.22. The highest BCUT2D eigenvalue weighted by Gasteiger charge is 2.38. The third-order valence-electron chi connectivity index (χ3n) is 2.99. The highest BCUT2D eigenvalue weighted by molar-refractivity contribution is 5.47. The fraction of sp³-hybridized carbons (Fsp3) is 0.333. The SMILES string of the molecule is CC1CC1c1noc(-c2ccc(C#N)cn2)n1. The molecule has 0 spiro atoms. The quantitative estimate of drug-likeness (QED) is 0.784. The van der Waals surface area contributed by atoms with Crippen molar-refractivity contribution < 1.29 is 4.52 Å². The third kappa shape index (κ3) is 1.78. The molecule has 0 aromatic carbocycles. The van der Waals surface area contributed by atoms with Crippen molar-refractivity contribution in [2.45, 2.75) is 19.3 Å². The van der Waals surface area contributed by atoms with Crippen LogP contribution < -0.4 is 0 Å². The molecule has 2 aromatic heterocycles. The molecule has 0 saturated heterocycles. The van der Waals surface area contributed by atoms with Crippen LogP contribution in [0.3, 0.4) is 0 Å². The van der Waals surface area contributed by atoms with Crippen LogP contribution in [-0.4, -0.2) is 15.1 Å². The molecular formula is C12H10N4O. The lowest BCUT2D eigenvalue weighted by molar-refractivity contribution is 0.420. The van der Waals surface area contributed by atoms with Crippen molar-refractivity contribution in [1.82, 2.24) is 15.1 Å². The first-order chi connectivity index (χ1) is 8.28. The van der Waals surface area contributed by atoms with Gasteiger partial charge in [-0.1, -0.05) is 12.1 Å². The van der Waals surface area contributed by atoms with E-state index in [0.717, 1.165) is 12.2 Å². The molecule has 2 heterocycles. The molecule has 0 amide bonds. The van der Waals surface area contributed by atoms with Gasteiger partial charge in [-0.2, -0.15) is 10.2 Å². The molecule has 0 aliphatic heterocycles. The Morgan fingerprint density at radius 3 is 2.88 bits per heavy atom. The van der Waals surface area contributed by atoms with Crippen molar-refractivity contribution in [3.05, 3.63) is 29.7 Å². The summed E-state index contributed by atoms with van der Waals surface area (Å²) in [5, 5.41) is 12.6. The molecule has 5 heteroatoms. The molecule has 17 heavy (non-hydrogen) atoms. The molecule has 0 N–H and O–H groups in total. The first kappa shape index (κ1) is 9.97. The summed E-state index contributed by atoms with van der Waals surface area (Å²) in [5.41, 5.74) is 1.13. The smallest absolute Gasteiger partial charge is 0.276 e. The summed E-state index contributed by atoms with van der Waals surface area (Å²) in [4.78, 5) is 8.44. The molecule has 0 bridgehead atoms. The van der Waals surface area contributed by atoms with E-state index in [1.807, 2.05) is 6.07 Å². The Morgan fingerprint density at radius 1 is 1.47 bits per heavy atom. The van der Waals surface area contributed by atoms with Crippen molar-refractivity contribution >= 4 is 0 Å². The van der Waals surface area contributed by atoms with Gasteiger partial charge in [0.1, 0.15) is 11.8 Å². The number of nitrogens with zero attached hydrogens (tertiary/aromatic N) is 4. The van der Waals surface area contributed by atoms with E-state index in [9.17, 15) is 0 Å². The van der Waals surface area contributed by atoms with Crippen LogP contribution in [0.25, 0.3) is 11.6 Å². The maximum absolute atomic E-state index is 8.67. The Bertz CT molecular complexity index is 581. The highest BCUT2D eigenvalue weighted by Crippen LogP contribution is 2.45. The molecule has 84 valence electrons. The second-order valence-corrected chi connectivity index (χ2v) is 4.32. The third-order valence-corrected chi connectivity index (χ3v) is 2.99. The van der Waals surface area contributed by atoms with Crippen molar-refractivity contribution in [1.29, 1.82) is 5.26 Å². The zero-order valence-electron chi connectivity index (χ0n) is 9.29. The van der Waals surface area contributed by atoms with E-state index >= 15 is 0 Å². The summed E-state index contributed by atoms with van der Waals surface area (Å²) in [5.74, 6) is 2.27. The largest absolute Gasteiger partial charge is 0.332 e. The van der Waals surface area contributed by atoms with Crippen molar-refractivity contribution in [3.63, 3.8) is 0 Å². The molecule has 3 rings (SSSR count). The lowest BCUT2D eigenvalue weighted by Gasteiger charge is -1.92. The minimum absolute atomic E-state index is 0.420. The molecule has 2 aromatic rings. The average Bonchev–Trinajstić information content (AvgIpc) is 2.92. The van der Waals surface area contributed by atoms with Crippen LogP contribution in [0.5, 0.6) is 0 Å². The van der Waals surface area contributed by atoms with Gasteiger partial charge in [-0.05, 0) is 24.5 Å². The van der Waals surface area contributed by atoms with Gasteiger partial charge in [-0.3, -0.25) is 0 Å². The van der Waals surface area contributed by atoms with Gasteiger partial charge in [0, 0.05) is 12.1 Å². The Balaban J connectivity index is 1.88. The Labute approximate surface area is 98.1 Å². The van der Waals surface area contributed by atoms with Gasteiger partial charge >= 0.3 is 0 Å². The van der Waals surface area contributed by atoms with Gasteiger partial charge < -0.3 is 4.52 Å². The lowest BCUT2D eigenvalue weighted by atomic mass is 10.2. The number of nitriles is 1. The summed E-state index contributed by atoms with van der Waals surface area (Å²) in [6.07, 6.45) is 2.62. The Morgan fingerprint density at radius 2 is 2.29 bits per heavy atom. The highest BCUT2D eigenvalue weighted by atomic mass is 16.5. The minimum atomic E-state index is 0.420. The second-order valence-electron chi connectivity index (χ2n) is 4.32. The van der Waals surface area contributed by atoms with Crippen molar-refractivity contribution in [2.75, 3.05) is 0 Å². The van der Waals surface area contributed by atoms with E-state index in [-0.39, 0.29) is 0 Å². The maximum atomic E-state index is 8.67. The monoisotopic (exact) mass is 226 g/mol. The Kier molecular flexibility index (Phi) is 2.15. The molecule has 0 radical (unpaired) electrons. The molecule has 2 unspecified atom stereocenters. The van der Waals surface area contributed by atoms with E-state index in [1.54, 1.807) is 12.1 Å². The summed E-state index contributed by atoms with van der Waals surface area (Å²) in [6.45, 7) is 2.17. The van der Waals surface area contributed by atoms with Gasteiger partial charge in [0.25, 0.3) is 5.89 Å². The number of pyridine rings is 1. The molecular weight excluding hydrogens is 216 g/mol. The van der Waals surface area contributed by atoms with Crippen LogP contribution in [-0.2, 0) is 0 Å². The molecule has 1 aliphatic carbocycles. The maximum Gasteiger partial charge on any atom is 0.276 e. The lowest BCUT2D eigenvalue weighted by Crippen LogP contribution is -1.87. The van der Waals surface area contributed by atoms with E-state index in [4.69, 9.17) is 9.78 Å². The topological polar surface area (TPSA) is 75.6 Å². The average molecular weight is 226 g/mol. The fourth-order valence-corrected chi connectivity index (χ4v) is 1.76. The van der Waals surface area contributed by atoms with E-state index < -0.39 is 0 Å². The standard InChI is InChI=1S/C12H10N4O/c1-7-4-9(7)11-15-12(17-16-11)10-3-2-8(5-13)6-14-10/h2-3,6-7,9H,4H2,1H3. The first-order valence-electron chi connectivity index (χ1n) is 5.48. The van der Waals surface area contributed by atoms with E-state index in [0.29, 0.717) is 29.0 Å². The number of hydrogen-bond donors (Lipinski definition) is 0. The number of hydrogen-bond acceptors (Lipinski definition) is 5. The molecule has 1 fully saturated rings. The predicted octanol–water partition coefficient (Wildman–Crippen LogP) is 2.13. The van der Waals surface area contributed by atoms with Gasteiger partial charge in [0.2, 0.25) is 0 Å².